The summed E-state index contributed by atoms with van der Waals surface area (Å²) in [5, 5.41) is 0. The van der Waals surface area contributed by atoms with Gasteiger partial charge >= 0.3 is 51.4 Å². The van der Waals surface area contributed by atoms with Crippen molar-refractivity contribution in [3.63, 3.8) is 0 Å². The van der Waals surface area contributed by atoms with E-state index in [1.165, 1.54) is 25.9 Å². The van der Waals surface area contributed by atoms with Crippen LogP contribution in [0.25, 0.3) is 0 Å². The van der Waals surface area contributed by atoms with Gasteiger partial charge in [-0.1, -0.05) is 0 Å². The third-order valence-electron chi connectivity index (χ3n) is 1.20. The van der Waals surface area contributed by atoms with Gasteiger partial charge in [-0.05, 0) is 25.9 Å². The Morgan fingerprint density at radius 2 is 1.57 bits per heavy atom. The first kappa shape index (κ1) is 8.60. The van der Waals surface area contributed by atoms with Crippen LogP contribution in [0, 0.1) is 7.05 Å². The third-order valence-corrected chi connectivity index (χ3v) is 1.20. The van der Waals surface area contributed by atoms with E-state index in [9.17, 15) is 0 Å². The van der Waals surface area contributed by atoms with Crippen molar-refractivity contribution in [2.75, 3.05) is 13.1 Å². The summed E-state index contributed by atoms with van der Waals surface area (Å²) in [4.78, 5) is 2.11. The molecule has 1 nitrogen and oxygen atoms in total. The fraction of sp³-hybridized carbons (Fsp3) is 0.800. The molecule has 0 bridgehead atoms. The zero-order valence-electron chi connectivity index (χ0n) is 4.98. The molecular formula is C5H10KN. The molecule has 0 atom stereocenters. The second kappa shape index (κ2) is 4.47. The number of hydrogen-bond acceptors (Lipinski definition) is 1. The molecule has 0 aliphatic carbocycles. The molecule has 1 fully saturated rings. The molecule has 0 aromatic rings. The first-order valence-electron chi connectivity index (χ1n) is 2.45. The van der Waals surface area contributed by atoms with Crippen LogP contribution in [0.5, 0.6) is 0 Å². The molecule has 0 unspecified atom stereocenters. The second-order valence-corrected chi connectivity index (χ2v) is 1.83. The van der Waals surface area contributed by atoms with Gasteiger partial charge in [0, 0.05) is 0 Å². The molecule has 0 radical (unpaired) electrons. The van der Waals surface area contributed by atoms with Crippen molar-refractivity contribution in [2.24, 2.45) is 0 Å². The van der Waals surface area contributed by atoms with Crippen LogP contribution >= 0.6 is 0 Å². The van der Waals surface area contributed by atoms with E-state index >= 15 is 0 Å². The van der Waals surface area contributed by atoms with E-state index < -0.39 is 0 Å². The molecule has 0 aromatic carbocycles. The van der Waals surface area contributed by atoms with E-state index in [1.807, 2.05) is 0 Å². The summed E-state index contributed by atoms with van der Waals surface area (Å²) in [5.74, 6) is 0. The van der Waals surface area contributed by atoms with Crippen LogP contribution in [0.4, 0.5) is 0 Å². The van der Waals surface area contributed by atoms with E-state index in [-0.39, 0.29) is 51.4 Å². The molecule has 0 aromatic heterocycles. The molecule has 1 heterocycles. The third kappa shape index (κ3) is 3.22. The van der Waals surface area contributed by atoms with Crippen LogP contribution < -0.4 is 51.4 Å². The van der Waals surface area contributed by atoms with Gasteiger partial charge in [-0.2, -0.15) is 0 Å². The first-order valence-corrected chi connectivity index (χ1v) is 2.45. The van der Waals surface area contributed by atoms with E-state index in [4.69, 9.17) is 0 Å². The molecule has 0 amide bonds. The van der Waals surface area contributed by atoms with Crippen LogP contribution in [0.1, 0.15) is 12.8 Å². The Morgan fingerprint density at radius 1 is 1.14 bits per heavy atom. The van der Waals surface area contributed by atoms with Gasteiger partial charge in [0.15, 0.2) is 0 Å². The summed E-state index contributed by atoms with van der Waals surface area (Å²) in [7, 11) is 3.77. The summed E-state index contributed by atoms with van der Waals surface area (Å²) in [6, 6.07) is 0. The fourth-order valence-electron chi connectivity index (χ4n) is 0.783. The monoisotopic (exact) mass is 123 g/mol. The largest absolute Gasteiger partial charge is 1.00 e. The maximum atomic E-state index is 3.77. The summed E-state index contributed by atoms with van der Waals surface area (Å²) < 4.78 is 0. The van der Waals surface area contributed by atoms with E-state index in [1.54, 1.807) is 0 Å². The minimum absolute atomic E-state index is 0. The predicted molar refractivity (Wildman–Crippen MR) is 26.2 cm³/mol. The Hall–Kier alpha value is 1.60. The SMILES string of the molecule is [CH2-]N1CCCC1.[K+]. The molecule has 0 spiro atoms. The smallest absolute Gasteiger partial charge is 0.459 e. The summed E-state index contributed by atoms with van der Waals surface area (Å²) in [6.07, 6.45) is 2.70. The summed E-state index contributed by atoms with van der Waals surface area (Å²) in [6.45, 7) is 2.42. The molecule has 2 heteroatoms. The zero-order chi connectivity index (χ0) is 4.41. The van der Waals surface area contributed by atoms with Crippen LogP contribution in [-0.4, -0.2) is 18.0 Å². The number of hydrogen-bond donors (Lipinski definition) is 0. The standard InChI is InChI=1S/C5H10N.K/c1-6-4-2-3-5-6;/h1-5H2;/q-1;+1. The van der Waals surface area contributed by atoms with Crippen LogP contribution in [0.3, 0.4) is 0 Å². The summed E-state index contributed by atoms with van der Waals surface area (Å²) >= 11 is 0. The van der Waals surface area contributed by atoms with Crippen LogP contribution in [0.15, 0.2) is 0 Å². The van der Waals surface area contributed by atoms with E-state index in [0.29, 0.717) is 0 Å². The minimum atomic E-state index is 0. The normalized spacial score (nSPS) is 21.9. The Morgan fingerprint density at radius 3 is 1.71 bits per heavy atom. The Balaban J connectivity index is 0.000000360. The Bertz CT molecular complexity index is 41.3. The van der Waals surface area contributed by atoms with Gasteiger partial charge in [-0.15, -0.1) is 0 Å². The Labute approximate surface area is 87.9 Å². The number of rotatable bonds is 0. The summed E-state index contributed by atoms with van der Waals surface area (Å²) in [5.41, 5.74) is 0. The number of nitrogens with zero attached hydrogens (tertiary/aromatic N) is 1. The molecular weight excluding hydrogens is 113 g/mol. The van der Waals surface area contributed by atoms with E-state index in [2.05, 4.69) is 11.9 Å². The van der Waals surface area contributed by atoms with Gasteiger partial charge in [0.1, 0.15) is 0 Å². The van der Waals surface area contributed by atoms with Crippen molar-refractivity contribution >= 4 is 0 Å². The molecule has 1 aliphatic rings. The van der Waals surface area contributed by atoms with Gasteiger partial charge in [0.25, 0.3) is 0 Å². The molecule has 36 valence electrons. The maximum Gasteiger partial charge on any atom is 1.00 e. The van der Waals surface area contributed by atoms with Crippen molar-refractivity contribution in [1.29, 1.82) is 0 Å². The van der Waals surface area contributed by atoms with Crippen molar-refractivity contribution in [3.05, 3.63) is 7.05 Å². The van der Waals surface area contributed by atoms with Crippen molar-refractivity contribution in [2.45, 2.75) is 12.8 Å². The van der Waals surface area contributed by atoms with Crippen molar-refractivity contribution in [3.8, 4) is 0 Å². The molecule has 1 aliphatic heterocycles. The first-order chi connectivity index (χ1) is 2.89. The number of likely N-dealkylation sites (tertiary alicyclic amines) is 1. The van der Waals surface area contributed by atoms with Gasteiger partial charge in [-0.25, -0.2) is 0 Å². The quantitative estimate of drug-likeness (QED) is 0.263. The minimum Gasteiger partial charge on any atom is -0.459 e. The Kier molecular flexibility index (Phi) is 5.49. The maximum absolute atomic E-state index is 3.77. The fourth-order valence-corrected chi connectivity index (χ4v) is 0.783. The van der Waals surface area contributed by atoms with E-state index in [0.717, 1.165) is 0 Å². The molecule has 0 saturated carbocycles. The second-order valence-electron chi connectivity index (χ2n) is 1.83. The zero-order valence-corrected chi connectivity index (χ0v) is 8.11. The topological polar surface area (TPSA) is 3.24 Å². The molecule has 0 N–H and O–H groups in total. The van der Waals surface area contributed by atoms with Gasteiger partial charge in [-0.3, -0.25) is 7.05 Å². The van der Waals surface area contributed by atoms with Crippen molar-refractivity contribution in [1.82, 2.24) is 4.90 Å². The van der Waals surface area contributed by atoms with Crippen molar-refractivity contribution < 1.29 is 51.4 Å². The van der Waals surface area contributed by atoms with Gasteiger partial charge in [0.2, 0.25) is 0 Å². The van der Waals surface area contributed by atoms with Crippen LogP contribution in [-0.2, 0) is 0 Å². The predicted octanol–water partition coefficient (Wildman–Crippen LogP) is -2.12. The van der Waals surface area contributed by atoms with Gasteiger partial charge in [0.05, 0.1) is 0 Å². The van der Waals surface area contributed by atoms with Gasteiger partial charge < -0.3 is 4.90 Å². The van der Waals surface area contributed by atoms with Crippen LogP contribution in [0.2, 0.25) is 0 Å². The molecule has 1 saturated heterocycles. The average molecular weight is 123 g/mol. The average Bonchev–Trinajstić information content (AvgIpc) is 1.86. The molecule has 1 rings (SSSR count). The molecule has 7 heavy (non-hydrogen) atoms.